The third kappa shape index (κ3) is 4.69. The zero-order valence-corrected chi connectivity index (χ0v) is 33.5. The van der Waals surface area contributed by atoms with Gasteiger partial charge in [-0.1, -0.05) is 121 Å². The Morgan fingerprint density at radius 1 is 0.407 bits per heavy atom. The van der Waals surface area contributed by atoms with Gasteiger partial charge in [-0.15, -0.1) is 0 Å². The number of benzene rings is 9. The number of anilines is 6. The zero-order chi connectivity index (χ0) is 38.8. The number of rotatable bonds is 6. The van der Waals surface area contributed by atoms with Crippen molar-refractivity contribution in [2.75, 3.05) is 9.80 Å². The topological polar surface area (TPSA) is 6.48 Å². The summed E-state index contributed by atoms with van der Waals surface area (Å²) in [5.41, 5.74) is 14.7. The molecule has 9 aromatic rings. The highest BCUT2D eigenvalue weighted by Crippen LogP contribution is 2.69. The summed E-state index contributed by atoms with van der Waals surface area (Å²) in [5.74, 6) is 3.27. The third-order valence-corrected chi connectivity index (χ3v) is 15.3. The minimum absolute atomic E-state index is 0.106. The maximum atomic E-state index is 2.65. The molecule has 0 N–H and O–H groups in total. The largest absolute Gasteiger partial charge is 0.310 e. The Morgan fingerprint density at radius 3 is 1.56 bits per heavy atom. The molecular weight excluding hydrogens is 713 g/mol. The molecule has 4 bridgehead atoms. The van der Waals surface area contributed by atoms with E-state index in [1.165, 1.54) is 104 Å². The Morgan fingerprint density at radius 2 is 0.932 bits per heavy atom. The fourth-order valence-corrected chi connectivity index (χ4v) is 13.2. The van der Waals surface area contributed by atoms with Gasteiger partial charge in [0, 0.05) is 38.9 Å². The average Bonchev–Trinajstić information content (AvgIpc) is 3.57. The molecule has 5 aliphatic carbocycles. The SMILES string of the molecule is Cc1ccccc1N(c1ccc2c(c1)C1(c3ccccc3-2)C2CC3CC(C2)CC1C3)c1ccc2ccc3c(N(c4ccccc4)c4ccccc4)ccc4ccc1c2c43. The molecule has 0 aliphatic heterocycles. The quantitative estimate of drug-likeness (QED) is 0.156. The van der Waals surface area contributed by atoms with Gasteiger partial charge in [0.1, 0.15) is 0 Å². The Bertz CT molecular complexity index is 3020. The fraction of sp³-hybridized carbons (Fsp3) is 0.193. The number of hydrogen-bond donors (Lipinski definition) is 0. The van der Waals surface area contributed by atoms with Gasteiger partial charge in [-0.2, -0.15) is 0 Å². The number of nitrogens with zero attached hydrogens (tertiary/aromatic N) is 2. The summed E-state index contributed by atoms with van der Waals surface area (Å²) in [6, 6.07) is 66.4. The lowest BCUT2D eigenvalue weighted by molar-refractivity contribution is -0.0399. The molecule has 4 saturated carbocycles. The van der Waals surface area contributed by atoms with E-state index in [0.717, 1.165) is 35.0 Å². The maximum Gasteiger partial charge on any atom is 0.0540 e. The van der Waals surface area contributed by atoms with Crippen LogP contribution in [0.15, 0.2) is 176 Å². The van der Waals surface area contributed by atoms with Crippen LogP contribution in [-0.4, -0.2) is 0 Å². The summed E-state index contributed by atoms with van der Waals surface area (Å²) >= 11 is 0. The predicted octanol–water partition coefficient (Wildman–Crippen LogP) is 15.6. The van der Waals surface area contributed by atoms with Crippen LogP contribution in [0.4, 0.5) is 34.1 Å². The van der Waals surface area contributed by atoms with Gasteiger partial charge in [0.2, 0.25) is 0 Å². The van der Waals surface area contributed by atoms with Gasteiger partial charge in [-0.25, -0.2) is 0 Å². The first-order valence-electron chi connectivity index (χ1n) is 21.9. The molecule has 0 amide bonds. The van der Waals surface area contributed by atoms with Gasteiger partial charge < -0.3 is 9.80 Å². The van der Waals surface area contributed by atoms with E-state index in [9.17, 15) is 0 Å². The van der Waals surface area contributed by atoms with Crippen LogP contribution in [0.5, 0.6) is 0 Å². The van der Waals surface area contributed by atoms with Gasteiger partial charge in [0.05, 0.1) is 11.4 Å². The van der Waals surface area contributed by atoms with Crippen molar-refractivity contribution in [2.24, 2.45) is 23.7 Å². The molecule has 2 nitrogen and oxygen atoms in total. The van der Waals surface area contributed by atoms with E-state index in [1.807, 2.05) is 0 Å². The molecular formula is C57H46N2. The Kier molecular flexibility index (Phi) is 7.15. The van der Waals surface area contributed by atoms with Gasteiger partial charge in [-0.05, 0) is 167 Å². The minimum Gasteiger partial charge on any atom is -0.310 e. The van der Waals surface area contributed by atoms with Crippen molar-refractivity contribution in [3.05, 3.63) is 193 Å². The summed E-state index contributed by atoms with van der Waals surface area (Å²) in [4.78, 5) is 5.00. The van der Waals surface area contributed by atoms with E-state index in [1.54, 1.807) is 11.1 Å². The van der Waals surface area contributed by atoms with Crippen LogP contribution in [0.3, 0.4) is 0 Å². The second kappa shape index (κ2) is 12.6. The molecule has 0 heterocycles. The van der Waals surface area contributed by atoms with E-state index in [4.69, 9.17) is 0 Å². The maximum absolute atomic E-state index is 2.65. The molecule has 0 atom stereocenters. The molecule has 2 heteroatoms. The molecule has 5 aliphatic rings. The van der Waals surface area contributed by atoms with Gasteiger partial charge in [0.15, 0.2) is 0 Å². The van der Waals surface area contributed by atoms with Crippen LogP contribution in [0.2, 0.25) is 0 Å². The van der Waals surface area contributed by atoms with Crippen molar-refractivity contribution >= 4 is 66.4 Å². The highest BCUT2D eigenvalue weighted by molar-refractivity contribution is 6.28. The first-order valence-corrected chi connectivity index (χ1v) is 21.9. The van der Waals surface area contributed by atoms with Gasteiger partial charge in [0.25, 0.3) is 0 Å². The van der Waals surface area contributed by atoms with Crippen LogP contribution in [-0.2, 0) is 5.41 Å². The molecule has 59 heavy (non-hydrogen) atoms. The van der Waals surface area contributed by atoms with Crippen LogP contribution in [0.1, 0.15) is 48.8 Å². The van der Waals surface area contributed by atoms with Crippen molar-refractivity contribution in [3.63, 3.8) is 0 Å². The van der Waals surface area contributed by atoms with E-state index in [-0.39, 0.29) is 5.41 Å². The summed E-state index contributed by atoms with van der Waals surface area (Å²) in [7, 11) is 0. The molecule has 9 aromatic carbocycles. The van der Waals surface area contributed by atoms with Crippen molar-refractivity contribution in [1.29, 1.82) is 0 Å². The summed E-state index contributed by atoms with van der Waals surface area (Å²) in [5, 5.41) is 7.71. The van der Waals surface area contributed by atoms with E-state index >= 15 is 0 Å². The smallest absolute Gasteiger partial charge is 0.0540 e. The van der Waals surface area contributed by atoms with Crippen molar-refractivity contribution in [1.82, 2.24) is 0 Å². The molecule has 0 saturated heterocycles. The second-order valence-electron chi connectivity index (χ2n) is 18.2. The molecule has 0 radical (unpaired) electrons. The number of fused-ring (bicyclic) bond motifs is 3. The van der Waals surface area contributed by atoms with Crippen LogP contribution in [0.25, 0.3) is 43.4 Å². The number of aryl methyl sites for hydroxylation is 1. The molecule has 0 unspecified atom stereocenters. The highest BCUT2D eigenvalue weighted by atomic mass is 15.2. The van der Waals surface area contributed by atoms with Crippen molar-refractivity contribution in [3.8, 4) is 11.1 Å². The lowest BCUT2D eigenvalue weighted by Gasteiger charge is -2.61. The first-order chi connectivity index (χ1) is 29.1. The Hall–Kier alpha value is -6.38. The molecule has 14 rings (SSSR count). The van der Waals surface area contributed by atoms with Crippen LogP contribution in [0, 0.1) is 30.6 Å². The van der Waals surface area contributed by atoms with Crippen LogP contribution < -0.4 is 9.80 Å². The second-order valence-corrected chi connectivity index (χ2v) is 18.2. The summed E-state index contributed by atoms with van der Waals surface area (Å²) < 4.78 is 0. The Balaban J connectivity index is 1.04. The average molecular weight is 759 g/mol. The summed E-state index contributed by atoms with van der Waals surface area (Å²) in [6.07, 6.45) is 7.00. The minimum atomic E-state index is 0.106. The van der Waals surface area contributed by atoms with Gasteiger partial charge >= 0.3 is 0 Å². The highest BCUT2D eigenvalue weighted by Gasteiger charge is 2.61. The normalized spacial score (nSPS) is 22.4. The lowest BCUT2D eigenvalue weighted by atomic mass is 9.43. The third-order valence-electron chi connectivity index (χ3n) is 15.3. The van der Waals surface area contributed by atoms with Crippen LogP contribution >= 0.6 is 0 Å². The monoisotopic (exact) mass is 758 g/mol. The molecule has 1 spiro atoms. The van der Waals surface area contributed by atoms with Gasteiger partial charge in [-0.3, -0.25) is 0 Å². The number of para-hydroxylation sites is 3. The Labute approximate surface area is 346 Å². The number of hydrogen-bond acceptors (Lipinski definition) is 2. The standard InChI is InChI=1S/C57H46N2/c1-36-12-8-11-19-52(36)59(45-24-27-47-46-17-9-10-18-50(46)57(51(47)35-45)41-31-37-30-38(33-41)34-42(57)32-37)54-29-23-40-20-25-48-53(28-22-39-21-26-49(54)56(40)55(39)48)58(43-13-4-2-5-14-43)44-15-6-3-7-16-44/h2-29,35,37-38,41-42H,30-34H2,1H3. The van der Waals surface area contributed by atoms with E-state index < -0.39 is 0 Å². The summed E-state index contributed by atoms with van der Waals surface area (Å²) in [6.45, 7) is 2.27. The van der Waals surface area contributed by atoms with E-state index in [2.05, 4.69) is 193 Å². The van der Waals surface area contributed by atoms with Crippen molar-refractivity contribution in [2.45, 2.75) is 44.4 Å². The fourth-order valence-electron chi connectivity index (χ4n) is 13.2. The van der Waals surface area contributed by atoms with E-state index in [0.29, 0.717) is 0 Å². The lowest BCUT2D eigenvalue weighted by Crippen LogP contribution is -2.55. The molecule has 0 aromatic heterocycles. The molecule has 284 valence electrons. The van der Waals surface area contributed by atoms with Crippen molar-refractivity contribution < 1.29 is 0 Å². The zero-order valence-electron chi connectivity index (χ0n) is 33.5. The molecule has 4 fully saturated rings. The predicted molar refractivity (Wildman–Crippen MR) is 248 cm³/mol. The first kappa shape index (κ1) is 33.6.